The van der Waals surface area contributed by atoms with E-state index in [-0.39, 0.29) is 10.8 Å². The van der Waals surface area contributed by atoms with Gasteiger partial charge in [0.1, 0.15) is 0 Å². The Hall–Kier alpha value is -1.57. The van der Waals surface area contributed by atoms with E-state index in [1.54, 1.807) is 29.6 Å². The van der Waals surface area contributed by atoms with Crippen molar-refractivity contribution in [2.75, 3.05) is 5.32 Å². The summed E-state index contributed by atoms with van der Waals surface area (Å²) in [4.78, 5) is 11.6. The standard InChI is InChI=1S/C10H7ClN4OS2/c11-6-1-3-7(4-2-6)12-10(17)13-9(16)8-5-18-15-14-8/h1-5H,(H2,12,13,16,17). The summed E-state index contributed by atoms with van der Waals surface area (Å²) >= 11 is 11.9. The number of rotatable bonds is 2. The highest BCUT2D eigenvalue weighted by molar-refractivity contribution is 7.80. The Morgan fingerprint density at radius 3 is 2.67 bits per heavy atom. The van der Waals surface area contributed by atoms with Gasteiger partial charge >= 0.3 is 0 Å². The Morgan fingerprint density at radius 2 is 2.06 bits per heavy atom. The average molecular weight is 299 g/mol. The number of aromatic nitrogens is 2. The Morgan fingerprint density at radius 1 is 1.33 bits per heavy atom. The number of benzene rings is 1. The van der Waals surface area contributed by atoms with Gasteiger partial charge in [-0.2, -0.15) is 0 Å². The molecule has 18 heavy (non-hydrogen) atoms. The van der Waals surface area contributed by atoms with Gasteiger partial charge in [-0.1, -0.05) is 16.1 Å². The van der Waals surface area contributed by atoms with Crippen molar-refractivity contribution in [3.8, 4) is 0 Å². The van der Waals surface area contributed by atoms with Gasteiger partial charge in [0, 0.05) is 16.1 Å². The maximum atomic E-state index is 11.6. The van der Waals surface area contributed by atoms with Gasteiger partial charge in [0.25, 0.3) is 5.91 Å². The molecule has 2 rings (SSSR count). The molecule has 1 heterocycles. The lowest BCUT2D eigenvalue weighted by molar-refractivity contribution is 0.0973. The van der Waals surface area contributed by atoms with Crippen LogP contribution in [-0.4, -0.2) is 20.6 Å². The summed E-state index contributed by atoms with van der Waals surface area (Å²) in [5.41, 5.74) is 0.973. The van der Waals surface area contributed by atoms with Gasteiger partial charge in [0.05, 0.1) is 0 Å². The van der Waals surface area contributed by atoms with Crippen LogP contribution in [-0.2, 0) is 0 Å². The molecule has 0 aliphatic rings. The van der Waals surface area contributed by atoms with Crippen molar-refractivity contribution >= 4 is 52.1 Å². The zero-order chi connectivity index (χ0) is 13.0. The van der Waals surface area contributed by atoms with Crippen LogP contribution >= 0.6 is 35.4 Å². The van der Waals surface area contributed by atoms with E-state index in [9.17, 15) is 4.79 Å². The fourth-order valence-corrected chi connectivity index (χ4v) is 1.90. The lowest BCUT2D eigenvalue weighted by Gasteiger charge is -2.08. The number of hydrogen-bond acceptors (Lipinski definition) is 5. The minimum atomic E-state index is -0.393. The minimum absolute atomic E-state index is 0.190. The number of halogens is 1. The third kappa shape index (κ3) is 3.46. The van der Waals surface area contributed by atoms with Crippen LogP contribution in [0.15, 0.2) is 29.6 Å². The number of nitrogens with zero attached hydrogens (tertiary/aromatic N) is 2. The lowest BCUT2D eigenvalue weighted by atomic mass is 10.3. The summed E-state index contributed by atoms with van der Waals surface area (Å²) in [7, 11) is 0. The van der Waals surface area contributed by atoms with E-state index in [4.69, 9.17) is 23.8 Å². The molecule has 0 aliphatic carbocycles. The number of carbonyl (C=O) groups is 1. The van der Waals surface area contributed by atoms with Crippen molar-refractivity contribution < 1.29 is 4.79 Å². The number of amides is 1. The Labute approximate surface area is 117 Å². The summed E-state index contributed by atoms with van der Waals surface area (Å²) in [6, 6.07) is 6.95. The molecule has 0 bridgehead atoms. The molecule has 92 valence electrons. The third-order valence-electron chi connectivity index (χ3n) is 1.92. The predicted octanol–water partition coefficient (Wildman–Crippen LogP) is 2.32. The highest BCUT2D eigenvalue weighted by Gasteiger charge is 2.10. The zero-order valence-electron chi connectivity index (χ0n) is 8.88. The van der Waals surface area contributed by atoms with Crippen molar-refractivity contribution in [1.82, 2.24) is 14.9 Å². The first kappa shape index (κ1) is 12.9. The van der Waals surface area contributed by atoms with Crippen molar-refractivity contribution in [3.05, 3.63) is 40.4 Å². The van der Waals surface area contributed by atoms with Crippen molar-refractivity contribution in [2.24, 2.45) is 0 Å². The minimum Gasteiger partial charge on any atom is -0.332 e. The molecular weight excluding hydrogens is 292 g/mol. The Bertz CT molecular complexity index is 556. The SMILES string of the molecule is O=C(NC(=S)Nc1ccc(Cl)cc1)c1csnn1. The average Bonchev–Trinajstić information content (AvgIpc) is 2.85. The highest BCUT2D eigenvalue weighted by atomic mass is 35.5. The number of anilines is 1. The highest BCUT2D eigenvalue weighted by Crippen LogP contribution is 2.13. The van der Waals surface area contributed by atoms with Crippen LogP contribution < -0.4 is 10.6 Å². The zero-order valence-corrected chi connectivity index (χ0v) is 11.3. The smallest absolute Gasteiger partial charge is 0.278 e. The summed E-state index contributed by atoms with van der Waals surface area (Å²) < 4.78 is 3.60. The van der Waals surface area contributed by atoms with Crippen LogP contribution in [0.2, 0.25) is 5.02 Å². The summed E-state index contributed by atoms with van der Waals surface area (Å²) in [5, 5.41) is 11.4. The van der Waals surface area contributed by atoms with Crippen LogP contribution in [0.3, 0.4) is 0 Å². The lowest BCUT2D eigenvalue weighted by Crippen LogP contribution is -2.34. The van der Waals surface area contributed by atoms with Crippen molar-refractivity contribution in [1.29, 1.82) is 0 Å². The number of thiocarbonyl (C=S) groups is 1. The summed E-state index contributed by atoms with van der Waals surface area (Å²) in [6.07, 6.45) is 0. The molecule has 1 amide bonds. The van der Waals surface area contributed by atoms with Crippen LogP contribution in [0.25, 0.3) is 0 Å². The first-order valence-corrected chi connectivity index (χ1v) is 6.42. The van der Waals surface area contributed by atoms with E-state index in [0.29, 0.717) is 5.02 Å². The molecular formula is C10H7ClN4OS2. The molecule has 8 heteroatoms. The van der Waals surface area contributed by atoms with Gasteiger partial charge in [-0.25, -0.2) is 0 Å². The van der Waals surface area contributed by atoms with Crippen LogP contribution in [0, 0.1) is 0 Å². The van der Waals surface area contributed by atoms with Gasteiger partial charge in [-0.15, -0.1) is 5.10 Å². The van der Waals surface area contributed by atoms with E-state index in [0.717, 1.165) is 17.2 Å². The van der Waals surface area contributed by atoms with E-state index in [1.165, 1.54) is 0 Å². The fourth-order valence-electron chi connectivity index (χ4n) is 1.13. The quantitative estimate of drug-likeness (QED) is 0.833. The molecule has 0 radical (unpaired) electrons. The molecule has 5 nitrogen and oxygen atoms in total. The van der Waals surface area contributed by atoms with Crippen molar-refractivity contribution in [2.45, 2.75) is 0 Å². The molecule has 0 saturated carbocycles. The molecule has 0 aliphatic heterocycles. The number of carbonyl (C=O) groups excluding carboxylic acids is 1. The van der Waals surface area contributed by atoms with E-state index >= 15 is 0 Å². The predicted molar refractivity (Wildman–Crippen MR) is 75.0 cm³/mol. The molecule has 0 fully saturated rings. The molecule has 1 aromatic carbocycles. The summed E-state index contributed by atoms with van der Waals surface area (Å²) in [6.45, 7) is 0. The second kappa shape index (κ2) is 5.85. The van der Waals surface area contributed by atoms with Gasteiger partial charge in [-0.05, 0) is 48.0 Å². The molecule has 2 N–H and O–H groups in total. The first-order valence-electron chi connectivity index (χ1n) is 4.80. The van der Waals surface area contributed by atoms with Gasteiger partial charge < -0.3 is 5.32 Å². The van der Waals surface area contributed by atoms with E-state index < -0.39 is 5.91 Å². The second-order valence-corrected chi connectivity index (χ2v) is 4.66. The van der Waals surface area contributed by atoms with Crippen LogP contribution in [0.1, 0.15) is 10.5 Å². The molecule has 0 spiro atoms. The van der Waals surface area contributed by atoms with Gasteiger partial charge in [0.15, 0.2) is 10.8 Å². The van der Waals surface area contributed by atoms with Crippen LogP contribution in [0.4, 0.5) is 5.69 Å². The molecule has 2 aromatic rings. The Kier molecular flexibility index (Phi) is 4.19. The molecule has 0 saturated heterocycles. The maximum absolute atomic E-state index is 11.6. The largest absolute Gasteiger partial charge is 0.332 e. The number of hydrogen-bond donors (Lipinski definition) is 2. The van der Waals surface area contributed by atoms with E-state index in [2.05, 4.69) is 20.2 Å². The fraction of sp³-hybridized carbons (Fsp3) is 0. The second-order valence-electron chi connectivity index (χ2n) is 3.21. The maximum Gasteiger partial charge on any atom is 0.278 e. The first-order chi connectivity index (χ1) is 8.65. The molecule has 0 unspecified atom stereocenters. The van der Waals surface area contributed by atoms with E-state index in [1.807, 2.05) is 0 Å². The van der Waals surface area contributed by atoms with Crippen LogP contribution in [0.5, 0.6) is 0 Å². The van der Waals surface area contributed by atoms with Gasteiger partial charge in [0.2, 0.25) is 0 Å². The Balaban J connectivity index is 1.93. The van der Waals surface area contributed by atoms with Gasteiger partial charge in [-0.3, -0.25) is 10.1 Å². The third-order valence-corrected chi connectivity index (χ3v) is 2.88. The summed E-state index contributed by atoms with van der Waals surface area (Å²) in [5.74, 6) is -0.393. The number of nitrogens with one attached hydrogen (secondary N) is 2. The normalized spacial score (nSPS) is 9.83. The molecule has 1 aromatic heterocycles. The molecule has 0 atom stereocenters. The van der Waals surface area contributed by atoms with Crippen molar-refractivity contribution in [3.63, 3.8) is 0 Å². The topological polar surface area (TPSA) is 66.9 Å². The monoisotopic (exact) mass is 298 g/mol.